The summed E-state index contributed by atoms with van der Waals surface area (Å²) >= 11 is -1.33. The summed E-state index contributed by atoms with van der Waals surface area (Å²) in [5.41, 5.74) is 1.15. The Bertz CT molecular complexity index is 520. The Balaban J connectivity index is 1.94. The third-order valence-corrected chi connectivity index (χ3v) is 6.11. The van der Waals surface area contributed by atoms with Gasteiger partial charge in [-0.2, -0.15) is 4.31 Å². The first kappa shape index (κ1) is 16.2. The van der Waals surface area contributed by atoms with E-state index in [1.54, 1.807) is 0 Å². The van der Waals surface area contributed by atoms with Crippen LogP contribution >= 0.6 is 0 Å². The van der Waals surface area contributed by atoms with Crippen molar-refractivity contribution in [3.05, 3.63) is 35.9 Å². The van der Waals surface area contributed by atoms with Crippen LogP contribution in [0.25, 0.3) is 0 Å². The van der Waals surface area contributed by atoms with Crippen molar-refractivity contribution >= 4 is 11.3 Å². The van der Waals surface area contributed by atoms with Gasteiger partial charge in [0.1, 0.15) is 6.10 Å². The standard InChI is InChI=1S/C18H27NO2S/c1-18(2,3)17-16(14-10-6-4-7-11-14)21-22(20)19(17)15-12-8-5-9-13-15/h4,6-7,10-11,15-17H,5,8-9,12-13H2,1-3H3/t16-,17+,22?/m1/s1. The third kappa shape index (κ3) is 3.15. The second kappa shape index (κ2) is 6.42. The molecule has 1 aliphatic carbocycles. The fraction of sp³-hybridized carbons (Fsp3) is 0.667. The van der Waals surface area contributed by atoms with E-state index in [2.05, 4.69) is 37.2 Å². The summed E-state index contributed by atoms with van der Waals surface area (Å²) in [6.07, 6.45) is 5.96. The SMILES string of the molecule is CC(C)(C)[C@@H]1[C@@H](c2ccccc2)OS(=O)N1C1CCCCC1. The lowest BCUT2D eigenvalue weighted by Gasteiger charge is -2.40. The summed E-state index contributed by atoms with van der Waals surface area (Å²) in [6, 6.07) is 10.8. The predicted octanol–water partition coefficient (Wildman–Crippen LogP) is 4.39. The van der Waals surface area contributed by atoms with E-state index in [0.29, 0.717) is 6.04 Å². The Kier molecular flexibility index (Phi) is 4.72. The minimum absolute atomic E-state index is 0.0180. The van der Waals surface area contributed by atoms with E-state index in [4.69, 9.17) is 4.18 Å². The zero-order valence-corrected chi connectivity index (χ0v) is 14.6. The molecule has 0 bridgehead atoms. The second-order valence-electron chi connectivity index (χ2n) is 7.61. The van der Waals surface area contributed by atoms with Gasteiger partial charge in [0.15, 0.2) is 0 Å². The smallest absolute Gasteiger partial charge is 0.238 e. The van der Waals surface area contributed by atoms with Crippen molar-refractivity contribution in [3.8, 4) is 0 Å². The molecule has 2 aliphatic rings. The third-order valence-electron chi connectivity index (χ3n) is 4.87. The van der Waals surface area contributed by atoms with Gasteiger partial charge in [-0.1, -0.05) is 70.4 Å². The first-order valence-electron chi connectivity index (χ1n) is 8.41. The number of nitrogens with zero attached hydrogens (tertiary/aromatic N) is 1. The summed E-state index contributed by atoms with van der Waals surface area (Å²) in [6.45, 7) is 6.69. The molecule has 0 N–H and O–H groups in total. The quantitative estimate of drug-likeness (QED) is 0.808. The molecule has 0 amide bonds. The van der Waals surface area contributed by atoms with E-state index >= 15 is 0 Å². The highest BCUT2D eigenvalue weighted by atomic mass is 32.2. The fourth-order valence-electron chi connectivity index (χ4n) is 3.82. The summed E-state index contributed by atoms with van der Waals surface area (Å²) < 4.78 is 20.9. The molecule has 1 aliphatic heterocycles. The van der Waals surface area contributed by atoms with Crippen LogP contribution in [0.15, 0.2) is 30.3 Å². The van der Waals surface area contributed by atoms with Gasteiger partial charge in [-0.3, -0.25) is 4.18 Å². The maximum absolute atomic E-state index is 12.7. The van der Waals surface area contributed by atoms with Gasteiger partial charge in [0.05, 0.1) is 6.04 Å². The van der Waals surface area contributed by atoms with Gasteiger partial charge >= 0.3 is 0 Å². The Labute approximate surface area is 136 Å². The van der Waals surface area contributed by atoms with Gasteiger partial charge in [0.2, 0.25) is 11.3 Å². The molecule has 22 heavy (non-hydrogen) atoms. The van der Waals surface area contributed by atoms with Crippen LogP contribution in [0.2, 0.25) is 0 Å². The molecule has 1 unspecified atom stereocenters. The topological polar surface area (TPSA) is 29.5 Å². The number of benzene rings is 1. The van der Waals surface area contributed by atoms with Crippen LogP contribution in [0.1, 0.15) is 64.5 Å². The molecule has 3 rings (SSSR count). The van der Waals surface area contributed by atoms with Crippen molar-refractivity contribution in [1.29, 1.82) is 0 Å². The molecule has 3 nitrogen and oxygen atoms in total. The van der Waals surface area contributed by atoms with Gasteiger partial charge in [-0.15, -0.1) is 0 Å². The highest BCUT2D eigenvalue weighted by Gasteiger charge is 2.50. The van der Waals surface area contributed by atoms with Crippen molar-refractivity contribution in [2.75, 3.05) is 0 Å². The molecule has 1 aromatic carbocycles. The summed E-state index contributed by atoms with van der Waals surface area (Å²) in [4.78, 5) is 0. The average Bonchev–Trinajstić information content (AvgIpc) is 2.87. The molecule has 3 atom stereocenters. The molecule has 2 fully saturated rings. The number of rotatable bonds is 2. The van der Waals surface area contributed by atoms with E-state index in [1.165, 1.54) is 19.3 Å². The van der Waals surface area contributed by atoms with Gasteiger partial charge < -0.3 is 0 Å². The molecular formula is C18H27NO2S. The maximum Gasteiger partial charge on any atom is 0.238 e. The van der Waals surface area contributed by atoms with E-state index in [9.17, 15) is 4.21 Å². The van der Waals surface area contributed by atoms with Gasteiger partial charge in [0, 0.05) is 6.04 Å². The van der Waals surface area contributed by atoms with E-state index in [1.807, 2.05) is 18.2 Å². The van der Waals surface area contributed by atoms with Gasteiger partial charge in [0.25, 0.3) is 0 Å². The van der Waals surface area contributed by atoms with Crippen LogP contribution in [-0.4, -0.2) is 20.6 Å². The number of hydrogen-bond donors (Lipinski definition) is 0. The lowest BCUT2D eigenvalue weighted by Crippen LogP contribution is -2.48. The van der Waals surface area contributed by atoms with Crippen molar-refractivity contribution in [2.24, 2.45) is 5.41 Å². The molecule has 1 aromatic rings. The zero-order chi connectivity index (χ0) is 15.7. The van der Waals surface area contributed by atoms with Crippen molar-refractivity contribution in [3.63, 3.8) is 0 Å². The lowest BCUT2D eigenvalue weighted by molar-refractivity contribution is 0.0810. The largest absolute Gasteiger partial charge is 0.268 e. The zero-order valence-electron chi connectivity index (χ0n) is 13.8. The average molecular weight is 321 g/mol. The molecule has 1 saturated carbocycles. The first-order chi connectivity index (χ1) is 10.5. The minimum atomic E-state index is -1.33. The van der Waals surface area contributed by atoms with Crippen LogP contribution in [-0.2, 0) is 15.4 Å². The van der Waals surface area contributed by atoms with Crippen LogP contribution < -0.4 is 0 Å². The monoisotopic (exact) mass is 321 g/mol. The first-order valence-corrected chi connectivity index (χ1v) is 9.44. The van der Waals surface area contributed by atoms with Crippen molar-refractivity contribution < 1.29 is 8.39 Å². The Hall–Kier alpha value is -0.710. The van der Waals surface area contributed by atoms with Crippen LogP contribution in [0.3, 0.4) is 0 Å². The predicted molar refractivity (Wildman–Crippen MR) is 90.4 cm³/mol. The second-order valence-corrected chi connectivity index (χ2v) is 8.66. The van der Waals surface area contributed by atoms with Crippen LogP contribution in [0, 0.1) is 5.41 Å². The fourth-order valence-corrected chi connectivity index (χ4v) is 5.38. The minimum Gasteiger partial charge on any atom is -0.268 e. The molecule has 1 saturated heterocycles. The van der Waals surface area contributed by atoms with Gasteiger partial charge in [-0.05, 0) is 23.8 Å². The Morgan fingerprint density at radius 3 is 2.32 bits per heavy atom. The normalized spacial score (nSPS) is 31.5. The molecule has 0 spiro atoms. The molecule has 4 heteroatoms. The summed E-state index contributed by atoms with van der Waals surface area (Å²) in [5, 5.41) is 0. The highest BCUT2D eigenvalue weighted by Crippen LogP contribution is 2.45. The molecule has 0 aromatic heterocycles. The summed E-state index contributed by atoms with van der Waals surface area (Å²) in [7, 11) is 0. The molecule has 1 heterocycles. The van der Waals surface area contributed by atoms with Crippen LogP contribution in [0.5, 0.6) is 0 Å². The molecular weight excluding hydrogens is 294 g/mol. The van der Waals surface area contributed by atoms with E-state index in [-0.39, 0.29) is 17.6 Å². The maximum atomic E-state index is 12.7. The molecule has 0 radical (unpaired) electrons. The lowest BCUT2D eigenvalue weighted by atomic mass is 9.80. The van der Waals surface area contributed by atoms with Gasteiger partial charge in [-0.25, -0.2) is 4.21 Å². The number of hydrogen-bond acceptors (Lipinski definition) is 2. The van der Waals surface area contributed by atoms with Crippen molar-refractivity contribution in [2.45, 2.75) is 71.1 Å². The van der Waals surface area contributed by atoms with E-state index in [0.717, 1.165) is 18.4 Å². The van der Waals surface area contributed by atoms with E-state index < -0.39 is 11.3 Å². The Morgan fingerprint density at radius 1 is 1.09 bits per heavy atom. The molecule has 122 valence electrons. The highest BCUT2D eigenvalue weighted by molar-refractivity contribution is 7.78. The summed E-state index contributed by atoms with van der Waals surface area (Å²) in [5.74, 6) is 0. The Morgan fingerprint density at radius 2 is 1.73 bits per heavy atom. The van der Waals surface area contributed by atoms with Crippen LogP contribution in [0.4, 0.5) is 0 Å². The van der Waals surface area contributed by atoms with Crippen molar-refractivity contribution in [1.82, 2.24) is 4.31 Å².